The van der Waals surface area contributed by atoms with Crippen molar-refractivity contribution in [3.05, 3.63) is 36.4 Å². The second-order valence-electron chi connectivity index (χ2n) is 6.13. The third-order valence-electron chi connectivity index (χ3n) is 4.03. The van der Waals surface area contributed by atoms with Gasteiger partial charge in [-0.2, -0.15) is 0 Å². The zero-order chi connectivity index (χ0) is 15.6. The number of nitrogens with zero attached hydrogens (tertiary/aromatic N) is 2. The minimum absolute atomic E-state index is 0.716. The number of benzene rings is 2. The van der Waals surface area contributed by atoms with Crippen LogP contribution in [-0.2, 0) is 0 Å². The highest BCUT2D eigenvalue weighted by Crippen LogP contribution is 2.30. The zero-order valence-corrected chi connectivity index (χ0v) is 13.3. The van der Waals surface area contributed by atoms with E-state index in [1.807, 2.05) is 36.4 Å². The molecule has 0 unspecified atom stereocenters. The first kappa shape index (κ1) is 14.2. The summed E-state index contributed by atoms with van der Waals surface area (Å²) in [4.78, 5) is 9.40. The molecule has 0 bridgehead atoms. The summed E-state index contributed by atoms with van der Waals surface area (Å²) in [5.41, 5.74) is 3.48. The number of rotatable bonds is 6. The topological polar surface area (TPSA) is 44.2 Å². The monoisotopic (exact) mass is 308 g/mol. The minimum Gasteiger partial charge on any atom is -0.494 e. The molecule has 1 aliphatic carbocycles. The van der Waals surface area contributed by atoms with Crippen molar-refractivity contribution in [2.24, 2.45) is 5.92 Å². The molecule has 2 aromatic carbocycles. The van der Waals surface area contributed by atoms with Gasteiger partial charge in [0.2, 0.25) is 0 Å². The predicted molar refractivity (Wildman–Crippen MR) is 91.0 cm³/mol. The van der Waals surface area contributed by atoms with Crippen LogP contribution >= 0.6 is 0 Å². The lowest BCUT2D eigenvalue weighted by Crippen LogP contribution is -1.99. The average Bonchev–Trinajstić information content (AvgIpc) is 3.40. The van der Waals surface area contributed by atoms with Gasteiger partial charge in [0.25, 0.3) is 0 Å². The lowest BCUT2D eigenvalue weighted by atomic mass is 10.2. The van der Waals surface area contributed by atoms with Crippen molar-refractivity contribution in [3.63, 3.8) is 0 Å². The van der Waals surface area contributed by atoms with E-state index in [4.69, 9.17) is 19.4 Å². The maximum Gasteiger partial charge on any atom is 0.121 e. The van der Waals surface area contributed by atoms with Crippen LogP contribution in [0.1, 0.15) is 26.2 Å². The average molecular weight is 308 g/mol. The third kappa shape index (κ3) is 3.21. The van der Waals surface area contributed by atoms with Crippen LogP contribution in [0.4, 0.5) is 0 Å². The molecule has 118 valence electrons. The molecule has 1 saturated carbocycles. The second-order valence-corrected chi connectivity index (χ2v) is 6.13. The van der Waals surface area contributed by atoms with E-state index in [0.29, 0.717) is 6.61 Å². The van der Waals surface area contributed by atoms with Gasteiger partial charge in [-0.1, -0.05) is 6.92 Å². The SMILES string of the molecule is CCCOc1ccc2nc3cc(OCC4CC4)ccc3nc2c1. The fourth-order valence-corrected chi connectivity index (χ4v) is 2.53. The highest BCUT2D eigenvalue weighted by atomic mass is 16.5. The molecule has 0 N–H and O–H groups in total. The van der Waals surface area contributed by atoms with Gasteiger partial charge in [-0.25, -0.2) is 9.97 Å². The predicted octanol–water partition coefficient (Wildman–Crippen LogP) is 4.36. The van der Waals surface area contributed by atoms with Gasteiger partial charge in [-0.05, 0) is 49.4 Å². The summed E-state index contributed by atoms with van der Waals surface area (Å²) in [6.07, 6.45) is 3.58. The van der Waals surface area contributed by atoms with Gasteiger partial charge in [0.05, 0.1) is 35.3 Å². The lowest BCUT2D eigenvalue weighted by molar-refractivity contribution is 0.300. The molecule has 0 amide bonds. The summed E-state index contributed by atoms with van der Waals surface area (Å²) >= 11 is 0. The number of ether oxygens (including phenoxy) is 2. The first-order chi connectivity index (χ1) is 11.3. The molecule has 23 heavy (non-hydrogen) atoms. The van der Waals surface area contributed by atoms with Gasteiger partial charge >= 0.3 is 0 Å². The van der Waals surface area contributed by atoms with E-state index in [1.165, 1.54) is 12.8 Å². The van der Waals surface area contributed by atoms with Crippen molar-refractivity contribution >= 4 is 22.1 Å². The van der Waals surface area contributed by atoms with Crippen LogP contribution in [0.15, 0.2) is 36.4 Å². The van der Waals surface area contributed by atoms with E-state index < -0.39 is 0 Å². The molecular formula is C19H20N2O2. The number of fused-ring (bicyclic) bond motifs is 2. The Morgan fingerprint density at radius 1 is 0.870 bits per heavy atom. The van der Waals surface area contributed by atoms with Gasteiger partial charge in [-0.3, -0.25) is 0 Å². The van der Waals surface area contributed by atoms with Gasteiger partial charge in [0.15, 0.2) is 0 Å². The van der Waals surface area contributed by atoms with Crippen LogP contribution in [0.3, 0.4) is 0 Å². The van der Waals surface area contributed by atoms with Crippen molar-refractivity contribution in [3.8, 4) is 11.5 Å². The van der Waals surface area contributed by atoms with Crippen LogP contribution in [0, 0.1) is 5.92 Å². The standard InChI is InChI=1S/C19H20N2O2/c1-2-9-22-14-5-7-16-18(10-14)20-17-8-6-15(11-19(17)21-16)23-12-13-3-4-13/h5-8,10-11,13H,2-4,9,12H2,1H3. The maximum absolute atomic E-state index is 5.83. The summed E-state index contributed by atoms with van der Waals surface area (Å²) in [6.45, 7) is 3.62. The quantitative estimate of drug-likeness (QED) is 0.635. The summed E-state index contributed by atoms with van der Waals surface area (Å²) < 4.78 is 11.5. The Kier molecular flexibility index (Phi) is 3.74. The van der Waals surface area contributed by atoms with Crippen molar-refractivity contribution in [1.29, 1.82) is 0 Å². The summed E-state index contributed by atoms with van der Waals surface area (Å²) in [5, 5.41) is 0. The van der Waals surface area contributed by atoms with E-state index in [1.54, 1.807) is 0 Å². The minimum atomic E-state index is 0.716. The summed E-state index contributed by atoms with van der Waals surface area (Å²) in [6, 6.07) is 11.8. The Balaban J connectivity index is 1.65. The largest absolute Gasteiger partial charge is 0.494 e. The molecule has 0 radical (unpaired) electrons. The van der Waals surface area contributed by atoms with Gasteiger partial charge in [0.1, 0.15) is 11.5 Å². The molecule has 3 aromatic rings. The van der Waals surface area contributed by atoms with Crippen molar-refractivity contribution < 1.29 is 9.47 Å². The first-order valence-corrected chi connectivity index (χ1v) is 8.29. The fourth-order valence-electron chi connectivity index (χ4n) is 2.53. The van der Waals surface area contributed by atoms with E-state index in [-0.39, 0.29) is 0 Å². The summed E-state index contributed by atoms with van der Waals surface area (Å²) in [5.74, 6) is 2.47. The molecule has 1 heterocycles. The highest BCUT2D eigenvalue weighted by Gasteiger charge is 2.21. The Morgan fingerprint density at radius 3 is 2.04 bits per heavy atom. The Bertz CT molecular complexity index is 843. The van der Waals surface area contributed by atoms with E-state index in [0.717, 1.165) is 52.5 Å². The fraction of sp³-hybridized carbons (Fsp3) is 0.368. The first-order valence-electron chi connectivity index (χ1n) is 8.29. The molecule has 0 atom stereocenters. The van der Waals surface area contributed by atoms with Crippen LogP contribution in [0.25, 0.3) is 22.1 Å². The molecule has 1 aliphatic rings. The number of aromatic nitrogens is 2. The molecule has 4 rings (SSSR count). The Hall–Kier alpha value is -2.36. The molecule has 0 saturated heterocycles. The smallest absolute Gasteiger partial charge is 0.121 e. The number of hydrogen-bond acceptors (Lipinski definition) is 4. The van der Waals surface area contributed by atoms with Crippen LogP contribution in [0.2, 0.25) is 0 Å². The van der Waals surface area contributed by atoms with Crippen LogP contribution in [0.5, 0.6) is 11.5 Å². The number of hydrogen-bond donors (Lipinski definition) is 0. The molecule has 1 fully saturated rings. The van der Waals surface area contributed by atoms with Crippen LogP contribution < -0.4 is 9.47 Å². The maximum atomic E-state index is 5.83. The van der Waals surface area contributed by atoms with Crippen molar-refractivity contribution in [2.75, 3.05) is 13.2 Å². The van der Waals surface area contributed by atoms with Gasteiger partial charge in [0, 0.05) is 12.1 Å². The highest BCUT2D eigenvalue weighted by molar-refractivity contribution is 5.87. The third-order valence-corrected chi connectivity index (χ3v) is 4.03. The normalized spacial score (nSPS) is 14.3. The molecule has 4 nitrogen and oxygen atoms in total. The van der Waals surface area contributed by atoms with Crippen LogP contribution in [-0.4, -0.2) is 23.2 Å². The van der Waals surface area contributed by atoms with Crippen molar-refractivity contribution in [2.45, 2.75) is 26.2 Å². The van der Waals surface area contributed by atoms with Gasteiger partial charge < -0.3 is 9.47 Å². The molecular weight excluding hydrogens is 288 g/mol. The Morgan fingerprint density at radius 2 is 1.48 bits per heavy atom. The molecule has 0 aliphatic heterocycles. The van der Waals surface area contributed by atoms with Gasteiger partial charge in [-0.15, -0.1) is 0 Å². The second kappa shape index (κ2) is 6.03. The Labute approximate surface area is 135 Å². The van der Waals surface area contributed by atoms with E-state index in [9.17, 15) is 0 Å². The summed E-state index contributed by atoms with van der Waals surface area (Å²) in [7, 11) is 0. The van der Waals surface area contributed by atoms with E-state index >= 15 is 0 Å². The molecule has 0 spiro atoms. The lowest BCUT2D eigenvalue weighted by Gasteiger charge is -2.08. The molecule has 4 heteroatoms. The van der Waals surface area contributed by atoms with E-state index in [2.05, 4.69) is 6.92 Å². The zero-order valence-electron chi connectivity index (χ0n) is 13.3. The molecule has 1 aromatic heterocycles. The van der Waals surface area contributed by atoms with Crippen molar-refractivity contribution in [1.82, 2.24) is 9.97 Å².